The SMILES string of the molecule is COc1ccccc1/C=C/C=C(\C#N)c1nc2ccccc2c(=O)[nH]1. The molecule has 1 heterocycles. The molecule has 0 unspecified atom stereocenters. The van der Waals surface area contributed by atoms with E-state index in [-0.39, 0.29) is 17.0 Å². The summed E-state index contributed by atoms with van der Waals surface area (Å²) < 4.78 is 5.28. The van der Waals surface area contributed by atoms with Crippen LogP contribution in [0.5, 0.6) is 5.75 Å². The van der Waals surface area contributed by atoms with Crippen molar-refractivity contribution >= 4 is 22.6 Å². The van der Waals surface area contributed by atoms with Crippen LogP contribution in [0.3, 0.4) is 0 Å². The number of nitrogens with one attached hydrogen (secondary N) is 1. The third kappa shape index (κ3) is 3.48. The first-order valence-corrected chi connectivity index (χ1v) is 7.64. The van der Waals surface area contributed by atoms with Crippen LogP contribution in [-0.2, 0) is 0 Å². The molecule has 0 radical (unpaired) electrons. The average Bonchev–Trinajstić information content (AvgIpc) is 2.65. The summed E-state index contributed by atoms with van der Waals surface area (Å²) >= 11 is 0. The highest BCUT2D eigenvalue weighted by molar-refractivity contribution is 5.81. The molecule has 0 fully saturated rings. The van der Waals surface area contributed by atoms with Crippen LogP contribution in [0, 0.1) is 11.3 Å². The molecule has 0 bridgehead atoms. The van der Waals surface area contributed by atoms with E-state index in [4.69, 9.17) is 4.74 Å². The number of aromatic nitrogens is 2. The lowest BCUT2D eigenvalue weighted by Crippen LogP contribution is -2.11. The molecule has 5 heteroatoms. The Balaban J connectivity index is 1.98. The van der Waals surface area contributed by atoms with Crippen molar-refractivity contribution in [2.45, 2.75) is 0 Å². The number of methoxy groups -OCH3 is 1. The van der Waals surface area contributed by atoms with Gasteiger partial charge in [0.25, 0.3) is 5.56 Å². The highest BCUT2D eigenvalue weighted by atomic mass is 16.5. The number of benzene rings is 2. The summed E-state index contributed by atoms with van der Waals surface area (Å²) in [5.41, 5.74) is 1.44. The number of allylic oxidation sites excluding steroid dienone is 3. The fraction of sp³-hybridized carbons (Fsp3) is 0.0500. The van der Waals surface area contributed by atoms with Gasteiger partial charge >= 0.3 is 0 Å². The van der Waals surface area contributed by atoms with Gasteiger partial charge < -0.3 is 9.72 Å². The largest absolute Gasteiger partial charge is 0.496 e. The molecule has 0 saturated heterocycles. The summed E-state index contributed by atoms with van der Waals surface area (Å²) in [5, 5.41) is 9.90. The zero-order valence-electron chi connectivity index (χ0n) is 13.6. The number of ether oxygens (including phenoxy) is 1. The maximum absolute atomic E-state index is 12.1. The summed E-state index contributed by atoms with van der Waals surface area (Å²) in [6.45, 7) is 0. The van der Waals surface area contributed by atoms with Crippen molar-refractivity contribution in [3.8, 4) is 11.8 Å². The van der Waals surface area contributed by atoms with Gasteiger partial charge in [-0.05, 0) is 24.3 Å². The fourth-order valence-corrected chi connectivity index (χ4v) is 2.44. The minimum Gasteiger partial charge on any atom is -0.496 e. The van der Waals surface area contributed by atoms with Crippen molar-refractivity contribution in [2.24, 2.45) is 0 Å². The standard InChI is InChI=1S/C20H15N3O2/c1-25-18-12-5-2-7-14(18)8-6-9-15(13-21)19-22-17-11-4-3-10-16(17)20(24)23-19/h2-12H,1H3,(H,22,23,24)/b8-6+,15-9+. The summed E-state index contributed by atoms with van der Waals surface area (Å²) in [6, 6.07) is 16.6. The van der Waals surface area contributed by atoms with Crippen molar-refractivity contribution in [3.63, 3.8) is 0 Å². The van der Waals surface area contributed by atoms with Crippen LogP contribution in [0.25, 0.3) is 22.6 Å². The Morgan fingerprint density at radius 1 is 1.20 bits per heavy atom. The number of fused-ring (bicyclic) bond motifs is 1. The van der Waals surface area contributed by atoms with Crippen LogP contribution in [0.15, 0.2) is 65.5 Å². The molecule has 5 nitrogen and oxygen atoms in total. The van der Waals surface area contributed by atoms with Gasteiger partial charge in [-0.1, -0.05) is 42.5 Å². The number of hydrogen-bond donors (Lipinski definition) is 1. The molecule has 3 aromatic rings. The van der Waals surface area contributed by atoms with Gasteiger partial charge in [0.2, 0.25) is 0 Å². The summed E-state index contributed by atoms with van der Waals surface area (Å²) in [4.78, 5) is 19.2. The third-order valence-electron chi connectivity index (χ3n) is 3.67. The fourth-order valence-electron chi connectivity index (χ4n) is 2.44. The zero-order chi connectivity index (χ0) is 17.6. The van der Waals surface area contributed by atoms with Crippen LogP contribution < -0.4 is 10.3 Å². The zero-order valence-corrected chi connectivity index (χ0v) is 13.6. The molecule has 1 N–H and O–H groups in total. The number of para-hydroxylation sites is 2. The highest BCUT2D eigenvalue weighted by Crippen LogP contribution is 2.19. The van der Waals surface area contributed by atoms with Gasteiger partial charge in [0.1, 0.15) is 11.8 Å². The highest BCUT2D eigenvalue weighted by Gasteiger charge is 2.07. The van der Waals surface area contributed by atoms with E-state index in [0.717, 1.165) is 11.3 Å². The van der Waals surface area contributed by atoms with E-state index in [2.05, 4.69) is 16.0 Å². The Bertz CT molecular complexity index is 1070. The Kier molecular flexibility index (Phi) is 4.72. The summed E-state index contributed by atoms with van der Waals surface area (Å²) in [6.07, 6.45) is 5.17. The van der Waals surface area contributed by atoms with Crippen molar-refractivity contribution < 1.29 is 4.74 Å². The molecule has 0 aliphatic carbocycles. The van der Waals surface area contributed by atoms with Gasteiger partial charge in [0, 0.05) is 5.56 Å². The first kappa shape index (κ1) is 16.2. The Morgan fingerprint density at radius 3 is 2.76 bits per heavy atom. The number of rotatable bonds is 4. The molecule has 2 aromatic carbocycles. The molecule has 0 saturated carbocycles. The Morgan fingerprint density at radius 2 is 1.96 bits per heavy atom. The van der Waals surface area contributed by atoms with Crippen LogP contribution in [-0.4, -0.2) is 17.1 Å². The normalized spacial score (nSPS) is 11.6. The number of hydrogen-bond acceptors (Lipinski definition) is 4. The first-order chi connectivity index (χ1) is 12.2. The van der Waals surface area contributed by atoms with Gasteiger partial charge in [0.15, 0.2) is 5.82 Å². The van der Waals surface area contributed by atoms with E-state index in [1.54, 1.807) is 43.5 Å². The number of nitrogens with zero attached hydrogens (tertiary/aromatic N) is 2. The number of aromatic amines is 1. The summed E-state index contributed by atoms with van der Waals surface area (Å²) in [7, 11) is 1.60. The van der Waals surface area contributed by atoms with E-state index in [0.29, 0.717) is 10.9 Å². The van der Waals surface area contributed by atoms with Gasteiger partial charge in [-0.2, -0.15) is 5.26 Å². The van der Waals surface area contributed by atoms with Gasteiger partial charge in [-0.25, -0.2) is 4.98 Å². The molecule has 0 aliphatic rings. The van der Waals surface area contributed by atoms with Crippen molar-refractivity contribution in [1.29, 1.82) is 5.26 Å². The second-order valence-electron chi connectivity index (χ2n) is 5.22. The number of H-pyrrole nitrogens is 1. The Hall–Kier alpha value is -3.65. The van der Waals surface area contributed by atoms with E-state index in [1.807, 2.05) is 30.3 Å². The minimum absolute atomic E-state index is 0.246. The molecule has 25 heavy (non-hydrogen) atoms. The van der Waals surface area contributed by atoms with Gasteiger partial charge in [-0.15, -0.1) is 0 Å². The molecule has 0 spiro atoms. The van der Waals surface area contributed by atoms with Crippen LogP contribution in [0.2, 0.25) is 0 Å². The van der Waals surface area contributed by atoms with E-state index in [9.17, 15) is 10.1 Å². The number of nitriles is 1. The molecule has 122 valence electrons. The van der Waals surface area contributed by atoms with Crippen LogP contribution in [0.4, 0.5) is 0 Å². The molecule has 0 amide bonds. The lowest BCUT2D eigenvalue weighted by molar-refractivity contribution is 0.414. The van der Waals surface area contributed by atoms with E-state index >= 15 is 0 Å². The molecule has 3 rings (SSSR count). The van der Waals surface area contributed by atoms with E-state index in [1.165, 1.54) is 0 Å². The maximum Gasteiger partial charge on any atom is 0.259 e. The molecule has 1 aromatic heterocycles. The van der Waals surface area contributed by atoms with Crippen molar-refractivity contribution in [2.75, 3.05) is 7.11 Å². The Labute approximate surface area is 144 Å². The molecular formula is C20H15N3O2. The van der Waals surface area contributed by atoms with E-state index < -0.39 is 0 Å². The smallest absolute Gasteiger partial charge is 0.259 e. The third-order valence-corrected chi connectivity index (χ3v) is 3.67. The second kappa shape index (κ2) is 7.28. The van der Waals surface area contributed by atoms with Gasteiger partial charge in [-0.3, -0.25) is 4.79 Å². The summed E-state index contributed by atoms with van der Waals surface area (Å²) in [5.74, 6) is 0.985. The maximum atomic E-state index is 12.1. The molecule has 0 aliphatic heterocycles. The topological polar surface area (TPSA) is 78.8 Å². The first-order valence-electron chi connectivity index (χ1n) is 7.64. The van der Waals surface area contributed by atoms with Crippen LogP contribution >= 0.6 is 0 Å². The lowest BCUT2D eigenvalue weighted by atomic mass is 10.1. The molecular weight excluding hydrogens is 314 g/mol. The van der Waals surface area contributed by atoms with Crippen molar-refractivity contribution in [3.05, 3.63) is 82.4 Å². The average molecular weight is 329 g/mol. The monoisotopic (exact) mass is 329 g/mol. The minimum atomic E-state index is -0.268. The van der Waals surface area contributed by atoms with Crippen molar-refractivity contribution in [1.82, 2.24) is 9.97 Å². The molecule has 0 atom stereocenters. The predicted octanol–water partition coefficient (Wildman–Crippen LogP) is 3.55. The predicted molar refractivity (Wildman–Crippen MR) is 98.0 cm³/mol. The van der Waals surface area contributed by atoms with Gasteiger partial charge in [0.05, 0.1) is 23.6 Å². The van der Waals surface area contributed by atoms with Crippen LogP contribution in [0.1, 0.15) is 11.4 Å². The second-order valence-corrected chi connectivity index (χ2v) is 5.22. The quantitative estimate of drug-likeness (QED) is 0.586. The lowest BCUT2D eigenvalue weighted by Gasteiger charge is -2.03.